The maximum Gasteiger partial charge on any atom is 0.251 e. The van der Waals surface area contributed by atoms with E-state index in [0.29, 0.717) is 18.3 Å². The van der Waals surface area contributed by atoms with Gasteiger partial charge in [-0.3, -0.25) is 9.59 Å². The Labute approximate surface area is 145 Å². The Morgan fingerprint density at radius 1 is 1.04 bits per heavy atom. The molecule has 0 aromatic heterocycles. The summed E-state index contributed by atoms with van der Waals surface area (Å²) >= 11 is 0. The van der Waals surface area contributed by atoms with Crippen LogP contribution in [0.15, 0.2) is 30.3 Å². The van der Waals surface area contributed by atoms with Gasteiger partial charge in [-0.15, -0.1) is 0 Å². The Hall–Kier alpha value is -1.84. The first-order valence-corrected chi connectivity index (χ1v) is 9.17. The van der Waals surface area contributed by atoms with E-state index in [1.54, 1.807) is 0 Å². The van der Waals surface area contributed by atoms with Gasteiger partial charge in [0.2, 0.25) is 5.91 Å². The minimum atomic E-state index is 0.0167. The van der Waals surface area contributed by atoms with Crippen molar-refractivity contribution in [3.63, 3.8) is 0 Å². The Morgan fingerprint density at radius 2 is 1.67 bits per heavy atom. The second kappa shape index (κ2) is 9.45. The predicted molar refractivity (Wildman–Crippen MR) is 96.7 cm³/mol. The first-order valence-electron chi connectivity index (χ1n) is 9.17. The Balaban J connectivity index is 1.62. The number of hydrogen-bond donors (Lipinski definition) is 2. The van der Waals surface area contributed by atoms with Crippen molar-refractivity contribution in [1.82, 2.24) is 10.6 Å². The molecule has 2 amide bonds. The number of amides is 2. The molecule has 4 nitrogen and oxygen atoms in total. The molecular formula is C20H30N2O2. The Kier molecular flexibility index (Phi) is 7.29. The average Bonchev–Trinajstić information content (AvgIpc) is 2.59. The molecule has 0 atom stereocenters. The predicted octanol–water partition coefficient (Wildman–Crippen LogP) is 3.53. The van der Waals surface area contributed by atoms with E-state index in [1.165, 1.54) is 12.8 Å². The zero-order valence-electron chi connectivity index (χ0n) is 14.9. The molecule has 4 heteroatoms. The Bertz CT molecular complexity index is 520. The summed E-state index contributed by atoms with van der Waals surface area (Å²) in [4.78, 5) is 23.8. The molecule has 0 spiro atoms. The molecule has 0 unspecified atom stereocenters. The van der Waals surface area contributed by atoms with E-state index >= 15 is 0 Å². The summed E-state index contributed by atoms with van der Waals surface area (Å²) in [6, 6.07) is 9.59. The lowest BCUT2D eigenvalue weighted by molar-refractivity contribution is -0.121. The molecular weight excluding hydrogens is 300 g/mol. The fourth-order valence-electron chi connectivity index (χ4n) is 3.38. The first kappa shape index (κ1) is 18.5. The maximum atomic E-state index is 12.1. The van der Waals surface area contributed by atoms with Crippen molar-refractivity contribution in [3.05, 3.63) is 35.9 Å². The normalized spacial score (nSPS) is 20.6. The van der Waals surface area contributed by atoms with Crippen LogP contribution >= 0.6 is 0 Å². The van der Waals surface area contributed by atoms with Gasteiger partial charge in [-0.05, 0) is 57.1 Å². The molecule has 1 fully saturated rings. The van der Waals surface area contributed by atoms with Crippen molar-refractivity contribution in [2.24, 2.45) is 11.8 Å². The number of nitrogens with one attached hydrogen (secondary N) is 2. The van der Waals surface area contributed by atoms with Crippen LogP contribution in [0.2, 0.25) is 0 Å². The van der Waals surface area contributed by atoms with Gasteiger partial charge in [0.05, 0.1) is 0 Å². The minimum Gasteiger partial charge on any atom is -0.354 e. The Morgan fingerprint density at radius 3 is 2.29 bits per heavy atom. The highest BCUT2D eigenvalue weighted by molar-refractivity contribution is 5.94. The van der Waals surface area contributed by atoms with Gasteiger partial charge in [0, 0.05) is 24.6 Å². The standard InChI is InChI=1S/C20H30N2O2/c1-15(2)22-19(23)13-12-16-8-10-17(11-9-16)14-21-20(24)18-6-4-3-5-7-18/h3-7,15-17H,8-14H2,1-2H3,(H,21,24)(H,22,23). The monoisotopic (exact) mass is 330 g/mol. The van der Waals surface area contributed by atoms with E-state index in [9.17, 15) is 9.59 Å². The summed E-state index contributed by atoms with van der Waals surface area (Å²) in [7, 11) is 0. The fourth-order valence-corrected chi connectivity index (χ4v) is 3.38. The summed E-state index contributed by atoms with van der Waals surface area (Å²) in [5, 5.41) is 6.01. The van der Waals surface area contributed by atoms with Gasteiger partial charge >= 0.3 is 0 Å². The van der Waals surface area contributed by atoms with E-state index in [0.717, 1.165) is 31.4 Å². The molecule has 1 aliphatic rings. The van der Waals surface area contributed by atoms with Crippen molar-refractivity contribution in [3.8, 4) is 0 Å². The van der Waals surface area contributed by atoms with Crippen molar-refractivity contribution in [1.29, 1.82) is 0 Å². The van der Waals surface area contributed by atoms with E-state index in [-0.39, 0.29) is 17.9 Å². The van der Waals surface area contributed by atoms with Crippen LogP contribution in [0.25, 0.3) is 0 Å². The van der Waals surface area contributed by atoms with Crippen LogP contribution in [0.3, 0.4) is 0 Å². The highest BCUT2D eigenvalue weighted by Crippen LogP contribution is 2.31. The maximum absolute atomic E-state index is 12.1. The van der Waals surface area contributed by atoms with Gasteiger partial charge in [-0.1, -0.05) is 31.0 Å². The minimum absolute atomic E-state index is 0.0167. The van der Waals surface area contributed by atoms with Crippen molar-refractivity contribution >= 4 is 11.8 Å². The van der Waals surface area contributed by atoms with Crippen LogP contribution in [-0.4, -0.2) is 24.4 Å². The molecule has 0 aliphatic heterocycles. The first-order chi connectivity index (χ1) is 11.5. The third kappa shape index (κ3) is 6.34. The summed E-state index contributed by atoms with van der Waals surface area (Å²) < 4.78 is 0. The molecule has 24 heavy (non-hydrogen) atoms. The van der Waals surface area contributed by atoms with Gasteiger partial charge in [0.15, 0.2) is 0 Å². The molecule has 1 aromatic carbocycles. The van der Waals surface area contributed by atoms with E-state index in [4.69, 9.17) is 0 Å². The van der Waals surface area contributed by atoms with Crippen LogP contribution in [0.4, 0.5) is 0 Å². The number of rotatable bonds is 7. The number of carbonyl (C=O) groups is 2. The van der Waals surface area contributed by atoms with Gasteiger partial charge in [-0.2, -0.15) is 0 Å². The van der Waals surface area contributed by atoms with Crippen LogP contribution in [-0.2, 0) is 4.79 Å². The van der Waals surface area contributed by atoms with Crippen LogP contribution in [0, 0.1) is 11.8 Å². The molecule has 0 saturated heterocycles. The largest absolute Gasteiger partial charge is 0.354 e. The molecule has 2 rings (SSSR count). The number of benzene rings is 1. The molecule has 0 heterocycles. The highest BCUT2D eigenvalue weighted by Gasteiger charge is 2.22. The molecule has 1 aromatic rings. The van der Waals surface area contributed by atoms with Gasteiger partial charge in [0.1, 0.15) is 0 Å². The molecule has 0 radical (unpaired) electrons. The lowest BCUT2D eigenvalue weighted by Crippen LogP contribution is -2.32. The second-order valence-corrected chi connectivity index (χ2v) is 7.22. The van der Waals surface area contributed by atoms with Crippen molar-refractivity contribution < 1.29 is 9.59 Å². The summed E-state index contributed by atoms with van der Waals surface area (Å²) in [6.07, 6.45) is 6.25. The lowest BCUT2D eigenvalue weighted by atomic mass is 9.80. The second-order valence-electron chi connectivity index (χ2n) is 7.22. The van der Waals surface area contributed by atoms with Crippen LogP contribution < -0.4 is 10.6 Å². The average molecular weight is 330 g/mol. The summed E-state index contributed by atoms with van der Waals surface area (Å²) in [5.41, 5.74) is 0.724. The van der Waals surface area contributed by atoms with Gasteiger partial charge in [-0.25, -0.2) is 0 Å². The SMILES string of the molecule is CC(C)NC(=O)CCC1CCC(CNC(=O)c2ccccc2)CC1. The molecule has 2 N–H and O–H groups in total. The van der Waals surface area contributed by atoms with Gasteiger partial charge < -0.3 is 10.6 Å². The zero-order chi connectivity index (χ0) is 17.4. The molecule has 1 saturated carbocycles. The van der Waals surface area contributed by atoms with Crippen molar-refractivity contribution in [2.45, 2.75) is 58.4 Å². The summed E-state index contributed by atoms with van der Waals surface area (Å²) in [6.45, 7) is 4.74. The fraction of sp³-hybridized carbons (Fsp3) is 0.600. The van der Waals surface area contributed by atoms with Crippen molar-refractivity contribution in [2.75, 3.05) is 6.54 Å². The quantitative estimate of drug-likeness (QED) is 0.803. The molecule has 0 bridgehead atoms. The van der Waals surface area contributed by atoms with E-state index in [2.05, 4.69) is 10.6 Å². The molecule has 1 aliphatic carbocycles. The van der Waals surface area contributed by atoms with Crippen LogP contribution in [0.5, 0.6) is 0 Å². The van der Waals surface area contributed by atoms with Crippen LogP contribution in [0.1, 0.15) is 62.7 Å². The smallest absolute Gasteiger partial charge is 0.251 e. The highest BCUT2D eigenvalue weighted by atomic mass is 16.2. The number of carbonyl (C=O) groups excluding carboxylic acids is 2. The zero-order valence-corrected chi connectivity index (χ0v) is 14.9. The number of hydrogen-bond acceptors (Lipinski definition) is 2. The van der Waals surface area contributed by atoms with Gasteiger partial charge in [0.25, 0.3) is 5.91 Å². The third-order valence-corrected chi connectivity index (χ3v) is 4.78. The van der Waals surface area contributed by atoms with E-state index in [1.807, 2.05) is 44.2 Å². The third-order valence-electron chi connectivity index (χ3n) is 4.78. The lowest BCUT2D eigenvalue weighted by Gasteiger charge is -2.28. The summed E-state index contributed by atoms with van der Waals surface area (Å²) in [5.74, 6) is 1.41. The topological polar surface area (TPSA) is 58.2 Å². The molecule has 132 valence electrons. The van der Waals surface area contributed by atoms with E-state index < -0.39 is 0 Å².